The van der Waals surface area contributed by atoms with Crippen LogP contribution in [0.1, 0.15) is 25.1 Å². The molecular formula is C17H20N4O. The molecule has 114 valence electrons. The van der Waals surface area contributed by atoms with Crippen LogP contribution in [0.15, 0.2) is 36.5 Å². The fraction of sp³-hybridized carbons (Fsp3) is 0.294. The third-order valence-electron chi connectivity index (χ3n) is 4.23. The summed E-state index contributed by atoms with van der Waals surface area (Å²) >= 11 is 0. The molecule has 22 heavy (non-hydrogen) atoms. The maximum absolute atomic E-state index is 12.3. The Bertz CT molecular complexity index is 725. The van der Waals surface area contributed by atoms with E-state index in [-0.39, 0.29) is 5.91 Å². The summed E-state index contributed by atoms with van der Waals surface area (Å²) in [7, 11) is 1.80. The number of hydrogen-bond acceptors (Lipinski definition) is 4. The molecule has 0 aliphatic carbocycles. The molecule has 5 nitrogen and oxygen atoms in total. The number of anilines is 3. The standard InChI is InChI=1S/C17H20N4O/c1-17(2)12-8-13(18)14(9-15(12)21(3)16(17)22)20-10-11-6-4-5-7-19-11/h4-9,20H,10,18H2,1-3H3. The second-order valence-corrected chi connectivity index (χ2v) is 6.12. The molecule has 0 saturated carbocycles. The van der Waals surface area contributed by atoms with E-state index in [0.717, 1.165) is 22.6 Å². The van der Waals surface area contributed by atoms with Gasteiger partial charge >= 0.3 is 0 Å². The minimum atomic E-state index is -0.530. The van der Waals surface area contributed by atoms with Gasteiger partial charge in [0.1, 0.15) is 0 Å². The van der Waals surface area contributed by atoms with E-state index in [1.165, 1.54) is 0 Å². The number of carbonyl (C=O) groups is 1. The molecule has 1 aromatic heterocycles. The van der Waals surface area contributed by atoms with Gasteiger partial charge in [-0.1, -0.05) is 6.07 Å². The first-order valence-corrected chi connectivity index (χ1v) is 7.27. The van der Waals surface area contributed by atoms with Gasteiger partial charge in [0.05, 0.1) is 29.0 Å². The van der Waals surface area contributed by atoms with Gasteiger partial charge in [-0.15, -0.1) is 0 Å². The molecule has 0 unspecified atom stereocenters. The molecule has 1 aromatic carbocycles. The van der Waals surface area contributed by atoms with Gasteiger partial charge in [-0.25, -0.2) is 0 Å². The van der Waals surface area contributed by atoms with E-state index in [1.54, 1.807) is 18.1 Å². The van der Waals surface area contributed by atoms with E-state index in [9.17, 15) is 4.79 Å². The summed E-state index contributed by atoms with van der Waals surface area (Å²) in [5, 5.41) is 3.30. The molecule has 0 atom stereocenters. The van der Waals surface area contributed by atoms with Gasteiger partial charge in [-0.3, -0.25) is 9.78 Å². The minimum Gasteiger partial charge on any atom is -0.397 e. The molecule has 2 aromatic rings. The average molecular weight is 296 g/mol. The molecule has 0 bridgehead atoms. The van der Waals surface area contributed by atoms with Gasteiger partial charge in [-0.2, -0.15) is 0 Å². The number of benzene rings is 1. The molecule has 0 radical (unpaired) electrons. The number of pyridine rings is 1. The van der Waals surface area contributed by atoms with Gasteiger partial charge in [0.25, 0.3) is 0 Å². The Labute approximate surface area is 130 Å². The van der Waals surface area contributed by atoms with Crippen molar-refractivity contribution in [3.8, 4) is 0 Å². The predicted molar refractivity (Wildman–Crippen MR) is 88.9 cm³/mol. The highest BCUT2D eigenvalue weighted by Crippen LogP contribution is 2.44. The molecule has 5 heteroatoms. The van der Waals surface area contributed by atoms with Crippen molar-refractivity contribution in [2.45, 2.75) is 25.8 Å². The molecule has 1 aliphatic heterocycles. The van der Waals surface area contributed by atoms with E-state index in [4.69, 9.17) is 5.73 Å². The van der Waals surface area contributed by atoms with E-state index in [0.29, 0.717) is 12.2 Å². The Balaban J connectivity index is 1.91. The van der Waals surface area contributed by atoms with Crippen LogP contribution in [0.25, 0.3) is 0 Å². The maximum Gasteiger partial charge on any atom is 0.236 e. The zero-order valence-electron chi connectivity index (χ0n) is 13.1. The van der Waals surface area contributed by atoms with Crippen LogP contribution in [0.3, 0.4) is 0 Å². The van der Waals surface area contributed by atoms with Crippen molar-refractivity contribution in [1.29, 1.82) is 0 Å². The first kappa shape index (κ1) is 14.4. The number of nitrogen functional groups attached to an aromatic ring is 1. The second kappa shape index (κ2) is 5.02. The summed E-state index contributed by atoms with van der Waals surface area (Å²) in [6.45, 7) is 4.45. The summed E-state index contributed by atoms with van der Waals surface area (Å²) in [4.78, 5) is 18.3. The van der Waals surface area contributed by atoms with Crippen LogP contribution in [0, 0.1) is 0 Å². The van der Waals surface area contributed by atoms with Crippen LogP contribution in [0.5, 0.6) is 0 Å². The van der Waals surface area contributed by atoms with Crippen molar-refractivity contribution in [3.05, 3.63) is 47.8 Å². The number of amides is 1. The van der Waals surface area contributed by atoms with E-state index in [1.807, 2.05) is 44.2 Å². The monoisotopic (exact) mass is 296 g/mol. The number of fused-ring (bicyclic) bond motifs is 1. The second-order valence-electron chi connectivity index (χ2n) is 6.12. The van der Waals surface area contributed by atoms with E-state index in [2.05, 4.69) is 10.3 Å². The van der Waals surface area contributed by atoms with E-state index >= 15 is 0 Å². The highest BCUT2D eigenvalue weighted by Gasteiger charge is 2.42. The molecule has 3 N–H and O–H groups in total. The fourth-order valence-electron chi connectivity index (χ4n) is 2.87. The molecular weight excluding hydrogens is 276 g/mol. The Hall–Kier alpha value is -2.56. The van der Waals surface area contributed by atoms with Crippen molar-refractivity contribution >= 4 is 23.0 Å². The Morgan fingerprint density at radius 2 is 2.09 bits per heavy atom. The van der Waals surface area contributed by atoms with Crippen molar-refractivity contribution in [2.75, 3.05) is 23.0 Å². The minimum absolute atomic E-state index is 0.0868. The van der Waals surface area contributed by atoms with Crippen LogP contribution in [0.4, 0.5) is 17.1 Å². The lowest BCUT2D eigenvalue weighted by Crippen LogP contribution is -2.33. The SMILES string of the molecule is CN1C(=O)C(C)(C)c2cc(N)c(NCc3ccccn3)cc21. The van der Waals surface area contributed by atoms with Crippen LogP contribution in [0.2, 0.25) is 0 Å². The molecule has 0 saturated heterocycles. The fourth-order valence-corrected chi connectivity index (χ4v) is 2.87. The number of rotatable bonds is 3. The van der Waals surface area contributed by atoms with Crippen molar-refractivity contribution in [1.82, 2.24) is 4.98 Å². The number of nitrogens with zero attached hydrogens (tertiary/aromatic N) is 2. The average Bonchev–Trinajstić information content (AvgIpc) is 2.67. The highest BCUT2D eigenvalue weighted by molar-refractivity contribution is 6.08. The van der Waals surface area contributed by atoms with Crippen LogP contribution in [-0.4, -0.2) is 17.9 Å². The van der Waals surface area contributed by atoms with Crippen LogP contribution in [-0.2, 0) is 16.8 Å². The number of nitrogens with one attached hydrogen (secondary N) is 1. The summed E-state index contributed by atoms with van der Waals surface area (Å²) < 4.78 is 0. The molecule has 1 aliphatic rings. The largest absolute Gasteiger partial charge is 0.397 e. The van der Waals surface area contributed by atoms with Gasteiger partial charge in [-0.05, 0) is 43.7 Å². The summed E-state index contributed by atoms with van der Waals surface area (Å²) in [6.07, 6.45) is 1.76. The number of aromatic nitrogens is 1. The molecule has 3 rings (SSSR count). The Kier molecular flexibility index (Phi) is 3.28. The Morgan fingerprint density at radius 3 is 2.77 bits per heavy atom. The third-order valence-corrected chi connectivity index (χ3v) is 4.23. The lowest BCUT2D eigenvalue weighted by Gasteiger charge is -2.17. The molecule has 1 amide bonds. The normalized spacial score (nSPS) is 15.8. The van der Waals surface area contributed by atoms with Crippen LogP contribution < -0.4 is 16.0 Å². The van der Waals surface area contributed by atoms with Gasteiger partial charge < -0.3 is 16.0 Å². The smallest absolute Gasteiger partial charge is 0.236 e. The summed E-state index contributed by atoms with van der Waals surface area (Å²) in [6, 6.07) is 9.63. The zero-order chi connectivity index (χ0) is 15.9. The first-order chi connectivity index (χ1) is 10.4. The van der Waals surface area contributed by atoms with Crippen molar-refractivity contribution < 1.29 is 4.79 Å². The summed E-state index contributed by atoms with van der Waals surface area (Å²) in [5.41, 5.74) is 9.91. The van der Waals surface area contributed by atoms with Gasteiger partial charge in [0.15, 0.2) is 0 Å². The lowest BCUT2D eigenvalue weighted by atomic mass is 9.86. The quantitative estimate of drug-likeness (QED) is 0.854. The third kappa shape index (κ3) is 2.19. The van der Waals surface area contributed by atoms with Gasteiger partial charge in [0.2, 0.25) is 5.91 Å². The van der Waals surface area contributed by atoms with Crippen molar-refractivity contribution in [2.24, 2.45) is 0 Å². The number of nitrogens with two attached hydrogens (primary N) is 1. The lowest BCUT2D eigenvalue weighted by molar-refractivity contribution is -0.121. The first-order valence-electron chi connectivity index (χ1n) is 7.27. The number of carbonyl (C=O) groups excluding carboxylic acids is 1. The summed E-state index contributed by atoms with van der Waals surface area (Å²) in [5.74, 6) is 0.0868. The van der Waals surface area contributed by atoms with E-state index < -0.39 is 5.41 Å². The molecule has 0 spiro atoms. The number of hydrogen-bond donors (Lipinski definition) is 2. The molecule has 0 fully saturated rings. The molecule has 2 heterocycles. The Morgan fingerprint density at radius 1 is 1.32 bits per heavy atom. The zero-order valence-corrected chi connectivity index (χ0v) is 13.1. The van der Waals surface area contributed by atoms with Crippen molar-refractivity contribution in [3.63, 3.8) is 0 Å². The highest BCUT2D eigenvalue weighted by atomic mass is 16.2. The maximum atomic E-state index is 12.3. The number of likely N-dealkylation sites (N-methyl/N-ethyl adjacent to an activating group) is 1. The van der Waals surface area contributed by atoms with Gasteiger partial charge in [0, 0.05) is 18.9 Å². The topological polar surface area (TPSA) is 71.2 Å². The predicted octanol–water partition coefficient (Wildman–Crippen LogP) is 2.53. The van der Waals surface area contributed by atoms with Crippen LogP contribution >= 0.6 is 0 Å².